The lowest BCUT2D eigenvalue weighted by atomic mass is 9.95. The zero-order valence-electron chi connectivity index (χ0n) is 10.2. The van der Waals surface area contributed by atoms with Crippen molar-refractivity contribution in [2.45, 2.75) is 31.8 Å². The standard InChI is InChI=1S/C14H20N2O/c15-14-3-1-2-11-10-16(7-4-13(11)14)12-5-8-17-9-6-12/h1-3,12H,4-10,15H2. The molecule has 0 bridgehead atoms. The van der Waals surface area contributed by atoms with Gasteiger partial charge in [0.05, 0.1) is 0 Å². The van der Waals surface area contributed by atoms with Gasteiger partial charge in [0, 0.05) is 38.0 Å². The van der Waals surface area contributed by atoms with Crippen LogP contribution in [0.5, 0.6) is 0 Å². The third-order valence-corrected chi connectivity index (χ3v) is 4.04. The number of hydrogen-bond acceptors (Lipinski definition) is 3. The van der Waals surface area contributed by atoms with E-state index in [2.05, 4.69) is 17.0 Å². The summed E-state index contributed by atoms with van der Waals surface area (Å²) in [6.07, 6.45) is 3.45. The van der Waals surface area contributed by atoms with Crippen LogP contribution < -0.4 is 5.73 Å². The predicted octanol–water partition coefficient (Wildman–Crippen LogP) is 1.81. The van der Waals surface area contributed by atoms with E-state index in [0.29, 0.717) is 6.04 Å². The molecule has 1 aromatic carbocycles. The van der Waals surface area contributed by atoms with Crippen LogP contribution in [0.4, 0.5) is 5.69 Å². The molecule has 1 aromatic rings. The van der Waals surface area contributed by atoms with Crippen molar-refractivity contribution in [3.05, 3.63) is 29.3 Å². The van der Waals surface area contributed by atoms with Crippen LogP contribution in [0.2, 0.25) is 0 Å². The van der Waals surface area contributed by atoms with Crippen molar-refractivity contribution < 1.29 is 4.74 Å². The molecular formula is C14H20N2O. The second-order valence-corrected chi connectivity index (χ2v) is 5.05. The van der Waals surface area contributed by atoms with Gasteiger partial charge in [-0.05, 0) is 36.5 Å². The van der Waals surface area contributed by atoms with E-state index >= 15 is 0 Å². The summed E-state index contributed by atoms with van der Waals surface area (Å²) in [5.41, 5.74) is 9.78. The van der Waals surface area contributed by atoms with Crippen LogP contribution in [0, 0.1) is 0 Å². The van der Waals surface area contributed by atoms with Crippen LogP contribution >= 0.6 is 0 Å². The van der Waals surface area contributed by atoms with Crippen LogP contribution in [0.25, 0.3) is 0 Å². The molecule has 2 aliphatic heterocycles. The van der Waals surface area contributed by atoms with Gasteiger partial charge in [-0.15, -0.1) is 0 Å². The molecule has 0 radical (unpaired) electrons. The summed E-state index contributed by atoms with van der Waals surface area (Å²) in [4.78, 5) is 2.60. The minimum absolute atomic E-state index is 0.707. The topological polar surface area (TPSA) is 38.5 Å². The highest BCUT2D eigenvalue weighted by atomic mass is 16.5. The van der Waals surface area contributed by atoms with Gasteiger partial charge in [0.2, 0.25) is 0 Å². The molecule has 2 N–H and O–H groups in total. The minimum Gasteiger partial charge on any atom is -0.398 e. The Labute approximate surface area is 103 Å². The van der Waals surface area contributed by atoms with Crippen LogP contribution in [-0.4, -0.2) is 30.7 Å². The Morgan fingerprint density at radius 1 is 1.24 bits per heavy atom. The lowest BCUT2D eigenvalue weighted by Gasteiger charge is -2.37. The van der Waals surface area contributed by atoms with Crippen molar-refractivity contribution in [3.8, 4) is 0 Å². The van der Waals surface area contributed by atoms with E-state index in [1.807, 2.05) is 6.07 Å². The molecule has 0 saturated carbocycles. The quantitative estimate of drug-likeness (QED) is 0.750. The van der Waals surface area contributed by atoms with E-state index in [-0.39, 0.29) is 0 Å². The van der Waals surface area contributed by atoms with Gasteiger partial charge in [0.25, 0.3) is 0 Å². The SMILES string of the molecule is Nc1cccc2c1CCN(C1CCOCC1)C2. The zero-order valence-corrected chi connectivity index (χ0v) is 10.2. The average Bonchev–Trinajstić information content (AvgIpc) is 2.40. The fourth-order valence-corrected chi connectivity index (χ4v) is 3.02. The van der Waals surface area contributed by atoms with Crippen molar-refractivity contribution in [2.75, 3.05) is 25.5 Å². The van der Waals surface area contributed by atoms with Gasteiger partial charge in [0.1, 0.15) is 0 Å². The summed E-state index contributed by atoms with van der Waals surface area (Å²) < 4.78 is 5.43. The summed E-state index contributed by atoms with van der Waals surface area (Å²) in [6.45, 7) is 4.05. The molecule has 17 heavy (non-hydrogen) atoms. The molecule has 3 heteroatoms. The first-order valence-electron chi connectivity index (χ1n) is 6.52. The molecule has 2 aliphatic rings. The molecule has 0 spiro atoms. The van der Waals surface area contributed by atoms with E-state index in [1.165, 1.54) is 24.0 Å². The number of nitrogens with two attached hydrogens (primary N) is 1. The molecule has 0 aliphatic carbocycles. The highest BCUT2D eigenvalue weighted by Gasteiger charge is 2.25. The van der Waals surface area contributed by atoms with Crippen molar-refractivity contribution in [3.63, 3.8) is 0 Å². The number of anilines is 1. The van der Waals surface area contributed by atoms with Crippen LogP contribution in [0.1, 0.15) is 24.0 Å². The van der Waals surface area contributed by atoms with Gasteiger partial charge < -0.3 is 10.5 Å². The monoisotopic (exact) mass is 232 g/mol. The van der Waals surface area contributed by atoms with Gasteiger partial charge in [-0.25, -0.2) is 0 Å². The summed E-state index contributed by atoms with van der Waals surface area (Å²) in [5, 5.41) is 0. The Morgan fingerprint density at radius 2 is 2.06 bits per heavy atom. The number of hydrogen-bond donors (Lipinski definition) is 1. The number of ether oxygens (including phenoxy) is 1. The van der Waals surface area contributed by atoms with Crippen molar-refractivity contribution in [1.29, 1.82) is 0 Å². The lowest BCUT2D eigenvalue weighted by molar-refractivity contribution is 0.0291. The molecular weight excluding hydrogens is 212 g/mol. The number of nitrogen functional groups attached to an aromatic ring is 1. The largest absolute Gasteiger partial charge is 0.398 e. The molecule has 92 valence electrons. The number of nitrogens with zero attached hydrogens (tertiary/aromatic N) is 1. The summed E-state index contributed by atoms with van der Waals surface area (Å²) >= 11 is 0. The van der Waals surface area contributed by atoms with Gasteiger partial charge >= 0.3 is 0 Å². The summed E-state index contributed by atoms with van der Waals surface area (Å²) in [7, 11) is 0. The maximum Gasteiger partial charge on any atom is 0.0480 e. The molecule has 2 heterocycles. The third-order valence-electron chi connectivity index (χ3n) is 4.04. The van der Waals surface area contributed by atoms with E-state index < -0.39 is 0 Å². The first-order chi connectivity index (χ1) is 8.34. The highest BCUT2D eigenvalue weighted by molar-refractivity contribution is 5.51. The molecule has 1 fully saturated rings. The first kappa shape index (κ1) is 11.1. The fraction of sp³-hybridized carbons (Fsp3) is 0.571. The number of fused-ring (bicyclic) bond motifs is 1. The molecule has 0 amide bonds. The summed E-state index contributed by atoms with van der Waals surface area (Å²) in [6, 6.07) is 7.01. The average molecular weight is 232 g/mol. The predicted molar refractivity (Wildman–Crippen MR) is 68.8 cm³/mol. The van der Waals surface area contributed by atoms with E-state index in [0.717, 1.165) is 38.4 Å². The van der Waals surface area contributed by atoms with Crippen molar-refractivity contribution in [1.82, 2.24) is 4.90 Å². The highest BCUT2D eigenvalue weighted by Crippen LogP contribution is 2.27. The Bertz CT molecular complexity index is 399. The zero-order chi connectivity index (χ0) is 11.7. The molecule has 3 nitrogen and oxygen atoms in total. The maximum atomic E-state index is 6.03. The lowest BCUT2D eigenvalue weighted by Crippen LogP contribution is -2.42. The smallest absolute Gasteiger partial charge is 0.0480 e. The number of benzene rings is 1. The van der Waals surface area contributed by atoms with Gasteiger partial charge in [-0.2, -0.15) is 0 Å². The van der Waals surface area contributed by atoms with Crippen LogP contribution in [0.3, 0.4) is 0 Å². The number of rotatable bonds is 1. The minimum atomic E-state index is 0.707. The normalized spacial score (nSPS) is 22.4. The van der Waals surface area contributed by atoms with E-state index in [9.17, 15) is 0 Å². The Kier molecular flexibility index (Phi) is 3.04. The van der Waals surface area contributed by atoms with Gasteiger partial charge in [-0.1, -0.05) is 12.1 Å². The van der Waals surface area contributed by atoms with E-state index in [1.54, 1.807) is 0 Å². The molecule has 0 atom stereocenters. The fourth-order valence-electron chi connectivity index (χ4n) is 3.02. The molecule has 3 rings (SSSR count). The van der Waals surface area contributed by atoms with Crippen molar-refractivity contribution in [2.24, 2.45) is 0 Å². The maximum absolute atomic E-state index is 6.03. The van der Waals surface area contributed by atoms with Gasteiger partial charge in [0.15, 0.2) is 0 Å². The Balaban J connectivity index is 1.76. The second-order valence-electron chi connectivity index (χ2n) is 5.05. The summed E-state index contributed by atoms with van der Waals surface area (Å²) in [5.74, 6) is 0. The molecule has 0 unspecified atom stereocenters. The Hall–Kier alpha value is -1.06. The Morgan fingerprint density at radius 3 is 2.88 bits per heavy atom. The first-order valence-corrected chi connectivity index (χ1v) is 6.52. The third kappa shape index (κ3) is 2.17. The molecule has 0 aromatic heterocycles. The second kappa shape index (κ2) is 4.67. The van der Waals surface area contributed by atoms with Crippen molar-refractivity contribution >= 4 is 5.69 Å². The van der Waals surface area contributed by atoms with E-state index in [4.69, 9.17) is 10.5 Å². The van der Waals surface area contributed by atoms with Crippen LogP contribution in [0.15, 0.2) is 18.2 Å². The van der Waals surface area contributed by atoms with Gasteiger partial charge in [-0.3, -0.25) is 4.90 Å². The van der Waals surface area contributed by atoms with Crippen LogP contribution in [-0.2, 0) is 17.7 Å². The molecule has 1 saturated heterocycles.